The smallest absolute Gasteiger partial charge is 0.411 e. The van der Waals surface area contributed by atoms with Gasteiger partial charge in [0.15, 0.2) is 5.54 Å². The third-order valence-corrected chi connectivity index (χ3v) is 4.82. The maximum Gasteiger partial charge on any atom is 0.411 e. The van der Waals surface area contributed by atoms with Crippen LogP contribution in [0.25, 0.3) is 0 Å². The van der Waals surface area contributed by atoms with E-state index in [2.05, 4.69) is 0 Å². The van der Waals surface area contributed by atoms with E-state index in [0.29, 0.717) is 25.8 Å². The normalized spacial score (nSPS) is 20.8. The highest BCUT2D eigenvalue weighted by molar-refractivity contribution is 5.90. The van der Waals surface area contributed by atoms with Crippen LogP contribution in [-0.2, 0) is 25.7 Å². The van der Waals surface area contributed by atoms with Crippen LogP contribution in [0.5, 0.6) is 0 Å². The number of aldehydes is 1. The Labute approximate surface area is 160 Å². The van der Waals surface area contributed by atoms with E-state index in [1.54, 1.807) is 20.8 Å². The van der Waals surface area contributed by atoms with Crippen LogP contribution in [0.2, 0.25) is 0 Å². The molecule has 1 aliphatic heterocycles. The van der Waals surface area contributed by atoms with E-state index in [4.69, 9.17) is 9.47 Å². The third kappa shape index (κ3) is 4.67. The highest BCUT2D eigenvalue weighted by Gasteiger charge is 2.57. The molecule has 27 heavy (non-hydrogen) atoms. The van der Waals surface area contributed by atoms with Crippen LogP contribution in [0, 0.1) is 5.92 Å². The zero-order valence-corrected chi connectivity index (χ0v) is 16.6. The van der Waals surface area contributed by atoms with Gasteiger partial charge >= 0.3 is 12.1 Å². The molecule has 2 rings (SSSR count). The summed E-state index contributed by atoms with van der Waals surface area (Å²) in [4.78, 5) is 39.1. The van der Waals surface area contributed by atoms with Crippen LogP contribution in [0.15, 0.2) is 30.3 Å². The highest BCUT2D eigenvalue weighted by Crippen LogP contribution is 2.39. The van der Waals surface area contributed by atoms with Crippen LogP contribution >= 0.6 is 0 Å². The Morgan fingerprint density at radius 3 is 2.48 bits per heavy atom. The zero-order chi connectivity index (χ0) is 20.1. The van der Waals surface area contributed by atoms with Crippen LogP contribution in [-0.4, -0.2) is 40.9 Å². The van der Waals surface area contributed by atoms with E-state index in [1.807, 2.05) is 37.3 Å². The second-order valence-corrected chi connectivity index (χ2v) is 7.87. The number of rotatable bonds is 6. The molecule has 1 amide bonds. The monoisotopic (exact) mass is 375 g/mol. The summed E-state index contributed by atoms with van der Waals surface area (Å²) in [6.45, 7) is 7.61. The maximum absolute atomic E-state index is 13.1. The van der Waals surface area contributed by atoms with Crippen molar-refractivity contribution in [2.45, 2.75) is 64.7 Å². The Kier molecular flexibility index (Phi) is 6.63. The fraction of sp³-hybridized carbons (Fsp3) is 0.571. The summed E-state index contributed by atoms with van der Waals surface area (Å²) >= 11 is 0. The Hall–Kier alpha value is -2.37. The second kappa shape index (κ2) is 8.55. The molecule has 1 aliphatic rings. The topological polar surface area (TPSA) is 72.9 Å². The van der Waals surface area contributed by atoms with Gasteiger partial charge in [0.05, 0.1) is 0 Å². The first kappa shape index (κ1) is 20.9. The number of hydrogen-bond donors (Lipinski definition) is 0. The van der Waals surface area contributed by atoms with E-state index < -0.39 is 29.1 Å². The van der Waals surface area contributed by atoms with Gasteiger partial charge in [0, 0.05) is 12.5 Å². The van der Waals surface area contributed by atoms with Crippen molar-refractivity contribution >= 4 is 18.3 Å². The number of hydrogen-bond acceptors (Lipinski definition) is 5. The Balaban J connectivity index is 2.26. The molecule has 1 aromatic rings. The Morgan fingerprint density at radius 1 is 1.26 bits per heavy atom. The molecule has 1 aromatic carbocycles. The first-order chi connectivity index (χ1) is 12.7. The number of benzene rings is 1. The van der Waals surface area contributed by atoms with Crippen molar-refractivity contribution in [3.63, 3.8) is 0 Å². The van der Waals surface area contributed by atoms with Gasteiger partial charge in [-0.2, -0.15) is 0 Å². The van der Waals surface area contributed by atoms with Gasteiger partial charge in [-0.3, -0.25) is 4.90 Å². The van der Waals surface area contributed by atoms with Gasteiger partial charge in [0.1, 0.15) is 18.5 Å². The fourth-order valence-electron chi connectivity index (χ4n) is 3.55. The lowest BCUT2D eigenvalue weighted by Gasteiger charge is -2.40. The van der Waals surface area contributed by atoms with E-state index in [-0.39, 0.29) is 6.61 Å². The number of ether oxygens (including phenoxy) is 2. The van der Waals surface area contributed by atoms with Crippen LogP contribution in [0.3, 0.4) is 0 Å². The predicted octanol–water partition coefficient (Wildman–Crippen LogP) is 3.72. The molecule has 6 heteroatoms. The van der Waals surface area contributed by atoms with Crippen molar-refractivity contribution in [3.8, 4) is 0 Å². The molecule has 0 N–H and O–H groups in total. The zero-order valence-electron chi connectivity index (χ0n) is 16.6. The van der Waals surface area contributed by atoms with Gasteiger partial charge < -0.3 is 14.3 Å². The average molecular weight is 375 g/mol. The number of nitrogens with zero attached hydrogens (tertiary/aromatic N) is 1. The Morgan fingerprint density at radius 2 is 1.93 bits per heavy atom. The standard InChI is InChI=1S/C21H29NO5/c1-5-17(14-23)21(18(24)27-20(2,3)4)12-9-13-22(21)19(25)26-15-16-10-7-6-8-11-16/h6-8,10-11,14,17H,5,9,12-13,15H2,1-4H3/t17?,21-/m1/s1. The lowest BCUT2D eigenvalue weighted by molar-refractivity contribution is -0.172. The highest BCUT2D eigenvalue weighted by atomic mass is 16.6. The van der Waals surface area contributed by atoms with E-state index in [0.717, 1.165) is 11.8 Å². The largest absolute Gasteiger partial charge is 0.458 e. The second-order valence-electron chi connectivity index (χ2n) is 7.87. The quantitative estimate of drug-likeness (QED) is 0.560. The van der Waals surface area contributed by atoms with Crippen molar-refractivity contribution in [3.05, 3.63) is 35.9 Å². The van der Waals surface area contributed by atoms with Crippen molar-refractivity contribution in [2.75, 3.05) is 6.54 Å². The lowest BCUT2D eigenvalue weighted by Crippen LogP contribution is -2.60. The molecule has 1 saturated heterocycles. The molecule has 148 valence electrons. The Bertz CT molecular complexity index is 667. The van der Waals surface area contributed by atoms with Gasteiger partial charge in [-0.05, 0) is 45.6 Å². The molecule has 6 nitrogen and oxygen atoms in total. The van der Waals surface area contributed by atoms with E-state index >= 15 is 0 Å². The molecule has 0 aliphatic carbocycles. The summed E-state index contributed by atoms with van der Waals surface area (Å²) in [6, 6.07) is 9.33. The number of likely N-dealkylation sites (tertiary alicyclic amines) is 1. The van der Waals surface area contributed by atoms with Gasteiger partial charge in [-0.25, -0.2) is 9.59 Å². The van der Waals surface area contributed by atoms with Gasteiger partial charge in [0.25, 0.3) is 0 Å². The molecule has 1 fully saturated rings. The molecule has 0 aromatic heterocycles. The third-order valence-electron chi connectivity index (χ3n) is 4.82. The predicted molar refractivity (Wildman–Crippen MR) is 101 cm³/mol. The minimum atomic E-state index is -1.31. The van der Waals surface area contributed by atoms with Crippen molar-refractivity contribution in [1.82, 2.24) is 4.90 Å². The van der Waals surface area contributed by atoms with Gasteiger partial charge in [0.2, 0.25) is 0 Å². The van der Waals surface area contributed by atoms with Crippen LogP contribution < -0.4 is 0 Å². The fourth-order valence-corrected chi connectivity index (χ4v) is 3.55. The SMILES string of the molecule is CCC(C=O)[C@@]1(C(=O)OC(C)(C)C)CCCN1C(=O)OCc1ccccc1. The summed E-state index contributed by atoms with van der Waals surface area (Å²) in [7, 11) is 0. The number of carbonyl (C=O) groups excluding carboxylic acids is 3. The minimum Gasteiger partial charge on any atom is -0.458 e. The summed E-state index contributed by atoms with van der Waals surface area (Å²) in [5.74, 6) is -1.18. The number of esters is 1. The average Bonchev–Trinajstić information content (AvgIpc) is 3.06. The van der Waals surface area contributed by atoms with Crippen LogP contribution in [0.4, 0.5) is 4.79 Å². The number of amides is 1. The number of carbonyl (C=O) groups is 3. The molecular formula is C21H29NO5. The van der Waals surface area contributed by atoms with Crippen molar-refractivity contribution < 1.29 is 23.9 Å². The van der Waals surface area contributed by atoms with E-state index in [9.17, 15) is 14.4 Å². The lowest BCUT2D eigenvalue weighted by atomic mass is 9.80. The molecule has 0 radical (unpaired) electrons. The summed E-state index contributed by atoms with van der Waals surface area (Å²) < 4.78 is 11.1. The van der Waals surface area contributed by atoms with Crippen molar-refractivity contribution in [2.24, 2.45) is 5.92 Å². The summed E-state index contributed by atoms with van der Waals surface area (Å²) in [5, 5.41) is 0. The summed E-state index contributed by atoms with van der Waals surface area (Å²) in [6.07, 6.45) is 1.60. The molecule has 0 saturated carbocycles. The van der Waals surface area contributed by atoms with Gasteiger partial charge in [-0.1, -0.05) is 37.3 Å². The molecule has 0 bridgehead atoms. The van der Waals surface area contributed by atoms with E-state index in [1.165, 1.54) is 4.90 Å². The van der Waals surface area contributed by atoms with Crippen molar-refractivity contribution in [1.29, 1.82) is 0 Å². The molecular weight excluding hydrogens is 346 g/mol. The first-order valence-electron chi connectivity index (χ1n) is 9.41. The molecule has 1 heterocycles. The molecule has 2 atom stereocenters. The molecule has 1 unspecified atom stereocenters. The van der Waals surface area contributed by atoms with Gasteiger partial charge in [-0.15, -0.1) is 0 Å². The maximum atomic E-state index is 13.1. The minimum absolute atomic E-state index is 0.110. The summed E-state index contributed by atoms with van der Waals surface area (Å²) in [5.41, 5.74) is -1.17. The first-order valence-corrected chi connectivity index (χ1v) is 9.41. The molecule has 0 spiro atoms. The van der Waals surface area contributed by atoms with Crippen LogP contribution in [0.1, 0.15) is 52.5 Å².